The minimum atomic E-state index is -0.118. The predicted molar refractivity (Wildman–Crippen MR) is 124 cm³/mol. The van der Waals surface area contributed by atoms with Crippen LogP contribution >= 0.6 is 0 Å². The Balaban J connectivity index is 1.50. The SMILES string of the molecule is COc1ccc2c(c1OC)OC1(CCCC1)CC2NC(C)c1ccc2ccccc2c1. The fourth-order valence-electron chi connectivity index (χ4n) is 5.38. The van der Waals surface area contributed by atoms with Gasteiger partial charge in [0.2, 0.25) is 5.75 Å². The number of ether oxygens (including phenoxy) is 3. The van der Waals surface area contributed by atoms with Crippen LogP contribution < -0.4 is 19.5 Å². The number of hydrogen-bond acceptors (Lipinski definition) is 4. The van der Waals surface area contributed by atoms with Crippen LogP contribution in [0.1, 0.15) is 62.2 Å². The first-order valence-corrected chi connectivity index (χ1v) is 11.3. The summed E-state index contributed by atoms with van der Waals surface area (Å²) >= 11 is 0. The topological polar surface area (TPSA) is 39.7 Å². The molecule has 1 aliphatic heterocycles. The molecule has 4 nitrogen and oxygen atoms in total. The molecule has 1 fully saturated rings. The summed E-state index contributed by atoms with van der Waals surface area (Å²) in [5.41, 5.74) is 2.34. The smallest absolute Gasteiger partial charge is 0.203 e. The lowest BCUT2D eigenvalue weighted by Gasteiger charge is -2.42. The zero-order valence-corrected chi connectivity index (χ0v) is 18.6. The number of nitrogens with one attached hydrogen (secondary N) is 1. The molecule has 2 unspecified atom stereocenters. The molecule has 1 heterocycles. The standard InChI is InChI=1S/C27H31NO3/c1-18(20-11-10-19-8-4-5-9-21(19)16-20)28-23-17-27(14-6-7-15-27)31-25-22(23)12-13-24(29-2)26(25)30-3/h4-5,8-13,16,18,23,28H,6-7,14-15,17H2,1-3H3. The van der Waals surface area contributed by atoms with Gasteiger partial charge in [0, 0.05) is 24.1 Å². The van der Waals surface area contributed by atoms with E-state index < -0.39 is 0 Å². The first-order valence-electron chi connectivity index (χ1n) is 11.3. The lowest BCUT2D eigenvalue weighted by atomic mass is 9.85. The Kier molecular flexibility index (Phi) is 5.27. The lowest BCUT2D eigenvalue weighted by Crippen LogP contribution is -2.42. The maximum atomic E-state index is 6.68. The van der Waals surface area contributed by atoms with Crippen molar-refractivity contribution in [2.24, 2.45) is 0 Å². The van der Waals surface area contributed by atoms with Gasteiger partial charge in [-0.05, 0) is 67.1 Å². The zero-order chi connectivity index (χ0) is 21.4. The summed E-state index contributed by atoms with van der Waals surface area (Å²) in [6.45, 7) is 2.25. The largest absolute Gasteiger partial charge is 0.493 e. The van der Waals surface area contributed by atoms with E-state index in [9.17, 15) is 0 Å². The van der Waals surface area contributed by atoms with E-state index in [0.29, 0.717) is 5.75 Å². The molecule has 3 aromatic carbocycles. The van der Waals surface area contributed by atoms with Crippen molar-refractivity contribution in [2.75, 3.05) is 14.2 Å². The van der Waals surface area contributed by atoms with Gasteiger partial charge in [-0.15, -0.1) is 0 Å². The van der Waals surface area contributed by atoms with E-state index in [2.05, 4.69) is 60.8 Å². The second-order valence-corrected chi connectivity index (χ2v) is 8.96. The molecule has 0 radical (unpaired) electrons. The Labute approximate surface area is 184 Å². The molecular formula is C27H31NO3. The van der Waals surface area contributed by atoms with Gasteiger partial charge in [-0.3, -0.25) is 0 Å². The second kappa shape index (κ2) is 8.08. The molecule has 0 saturated heterocycles. The summed E-state index contributed by atoms with van der Waals surface area (Å²) in [4.78, 5) is 0. The van der Waals surface area contributed by atoms with Crippen molar-refractivity contribution in [3.05, 3.63) is 65.7 Å². The summed E-state index contributed by atoms with van der Waals surface area (Å²) in [6.07, 6.45) is 5.60. The number of hydrogen-bond donors (Lipinski definition) is 1. The molecule has 1 aliphatic carbocycles. The molecule has 162 valence electrons. The Bertz CT molecular complexity index is 1090. The Morgan fingerprint density at radius 2 is 1.74 bits per heavy atom. The van der Waals surface area contributed by atoms with E-state index in [4.69, 9.17) is 14.2 Å². The highest BCUT2D eigenvalue weighted by Gasteiger charge is 2.45. The minimum Gasteiger partial charge on any atom is -0.493 e. The Morgan fingerprint density at radius 3 is 2.48 bits per heavy atom. The predicted octanol–water partition coefficient (Wildman–Crippen LogP) is 6.34. The van der Waals surface area contributed by atoms with Crippen LogP contribution in [0.4, 0.5) is 0 Å². The first-order chi connectivity index (χ1) is 15.1. The van der Waals surface area contributed by atoms with Crippen LogP contribution in [0.5, 0.6) is 17.2 Å². The summed E-state index contributed by atoms with van der Waals surface area (Å²) in [5.74, 6) is 2.27. The van der Waals surface area contributed by atoms with Crippen molar-refractivity contribution < 1.29 is 14.2 Å². The summed E-state index contributed by atoms with van der Waals surface area (Å²) in [5, 5.41) is 6.47. The third kappa shape index (κ3) is 3.63. The molecule has 0 aromatic heterocycles. The summed E-state index contributed by atoms with van der Waals surface area (Å²) < 4.78 is 18.0. The van der Waals surface area contributed by atoms with Crippen molar-refractivity contribution >= 4 is 10.8 Å². The Hall–Kier alpha value is -2.72. The minimum absolute atomic E-state index is 0.118. The molecule has 4 heteroatoms. The molecule has 1 saturated carbocycles. The third-order valence-corrected chi connectivity index (χ3v) is 7.04. The molecule has 31 heavy (non-hydrogen) atoms. The van der Waals surface area contributed by atoms with Crippen molar-refractivity contribution in [1.82, 2.24) is 5.32 Å². The van der Waals surface area contributed by atoms with Gasteiger partial charge in [0.05, 0.1) is 14.2 Å². The van der Waals surface area contributed by atoms with E-state index in [1.807, 2.05) is 6.07 Å². The number of benzene rings is 3. The van der Waals surface area contributed by atoms with Gasteiger partial charge in [-0.25, -0.2) is 0 Å². The number of fused-ring (bicyclic) bond motifs is 2. The highest BCUT2D eigenvalue weighted by Crippen LogP contribution is 2.53. The molecule has 1 spiro atoms. The van der Waals surface area contributed by atoms with E-state index in [-0.39, 0.29) is 17.7 Å². The normalized spacial score (nSPS) is 20.3. The van der Waals surface area contributed by atoms with Crippen LogP contribution in [-0.4, -0.2) is 19.8 Å². The van der Waals surface area contributed by atoms with Gasteiger partial charge in [0.25, 0.3) is 0 Å². The maximum Gasteiger partial charge on any atom is 0.203 e. The van der Waals surface area contributed by atoms with Crippen molar-refractivity contribution in [1.29, 1.82) is 0 Å². The van der Waals surface area contributed by atoms with E-state index in [0.717, 1.165) is 36.3 Å². The molecule has 0 amide bonds. The van der Waals surface area contributed by atoms with Gasteiger partial charge in [0.15, 0.2) is 11.5 Å². The maximum absolute atomic E-state index is 6.68. The molecule has 2 aliphatic rings. The average molecular weight is 418 g/mol. The van der Waals surface area contributed by atoms with E-state index >= 15 is 0 Å². The van der Waals surface area contributed by atoms with Gasteiger partial charge < -0.3 is 19.5 Å². The van der Waals surface area contributed by atoms with Gasteiger partial charge in [0.1, 0.15) is 5.60 Å². The molecule has 1 N–H and O–H groups in total. The molecule has 5 rings (SSSR count). The Morgan fingerprint density at radius 1 is 0.968 bits per heavy atom. The zero-order valence-electron chi connectivity index (χ0n) is 18.6. The van der Waals surface area contributed by atoms with Crippen LogP contribution in [0.2, 0.25) is 0 Å². The van der Waals surface area contributed by atoms with Gasteiger partial charge in [-0.2, -0.15) is 0 Å². The van der Waals surface area contributed by atoms with Crippen molar-refractivity contribution in [3.8, 4) is 17.2 Å². The van der Waals surface area contributed by atoms with Gasteiger partial charge in [-0.1, -0.05) is 36.4 Å². The van der Waals surface area contributed by atoms with Crippen LogP contribution in [0.15, 0.2) is 54.6 Å². The first kappa shape index (κ1) is 20.2. The highest BCUT2D eigenvalue weighted by atomic mass is 16.5. The van der Waals surface area contributed by atoms with Gasteiger partial charge >= 0.3 is 0 Å². The molecule has 3 aromatic rings. The van der Waals surface area contributed by atoms with Crippen LogP contribution in [-0.2, 0) is 0 Å². The molecular weight excluding hydrogens is 386 g/mol. The van der Waals surface area contributed by atoms with Crippen LogP contribution in [0, 0.1) is 0 Å². The summed E-state index contributed by atoms with van der Waals surface area (Å²) in [7, 11) is 3.37. The monoisotopic (exact) mass is 417 g/mol. The fourth-order valence-corrected chi connectivity index (χ4v) is 5.38. The van der Waals surface area contributed by atoms with Crippen molar-refractivity contribution in [3.63, 3.8) is 0 Å². The van der Waals surface area contributed by atoms with Crippen LogP contribution in [0.25, 0.3) is 10.8 Å². The van der Waals surface area contributed by atoms with E-state index in [1.54, 1.807) is 14.2 Å². The third-order valence-electron chi connectivity index (χ3n) is 7.04. The van der Waals surface area contributed by atoms with Crippen LogP contribution in [0.3, 0.4) is 0 Å². The molecule has 0 bridgehead atoms. The number of rotatable bonds is 5. The quantitative estimate of drug-likeness (QED) is 0.525. The average Bonchev–Trinajstić information content (AvgIpc) is 3.25. The molecule has 2 atom stereocenters. The second-order valence-electron chi connectivity index (χ2n) is 8.96. The van der Waals surface area contributed by atoms with Crippen molar-refractivity contribution in [2.45, 2.75) is 56.7 Å². The van der Waals surface area contributed by atoms with E-state index in [1.165, 1.54) is 29.2 Å². The summed E-state index contributed by atoms with van der Waals surface area (Å²) in [6, 6.07) is 19.8. The fraction of sp³-hybridized carbons (Fsp3) is 0.407. The highest BCUT2D eigenvalue weighted by molar-refractivity contribution is 5.83. The lowest BCUT2D eigenvalue weighted by molar-refractivity contribution is 0.0316. The number of methoxy groups -OCH3 is 2.